The number of hydrogen-bond donors (Lipinski definition) is 2. The number of amides is 1. The lowest BCUT2D eigenvalue weighted by Crippen LogP contribution is -2.18. The Morgan fingerprint density at radius 3 is 2.39 bits per heavy atom. The molecule has 1 aromatic carbocycles. The van der Waals surface area contributed by atoms with Gasteiger partial charge in [0.25, 0.3) is 5.56 Å². The second-order valence-electron chi connectivity index (χ2n) is 7.14. The molecular formula is C21H29N3O2S2. The van der Waals surface area contributed by atoms with E-state index in [2.05, 4.69) is 62.0 Å². The van der Waals surface area contributed by atoms with E-state index in [1.54, 1.807) is 11.8 Å². The van der Waals surface area contributed by atoms with Crippen LogP contribution in [0.15, 0.2) is 34.2 Å². The highest BCUT2D eigenvalue weighted by Crippen LogP contribution is 2.32. The van der Waals surface area contributed by atoms with Crippen molar-refractivity contribution in [2.45, 2.75) is 57.4 Å². The third-order valence-corrected chi connectivity index (χ3v) is 5.99. The summed E-state index contributed by atoms with van der Waals surface area (Å²) in [4.78, 5) is 31.6. The molecule has 0 saturated heterocycles. The number of anilines is 1. The Balaban J connectivity index is 2.11. The maximum Gasteiger partial charge on any atom is 0.251 e. The van der Waals surface area contributed by atoms with Crippen LogP contribution in [-0.4, -0.2) is 27.4 Å². The molecule has 0 aliphatic carbocycles. The number of thioether (sulfide) groups is 2. The van der Waals surface area contributed by atoms with Crippen LogP contribution < -0.4 is 10.9 Å². The van der Waals surface area contributed by atoms with E-state index < -0.39 is 0 Å². The van der Waals surface area contributed by atoms with Gasteiger partial charge in [0.1, 0.15) is 0 Å². The zero-order valence-corrected chi connectivity index (χ0v) is 18.8. The molecule has 1 aromatic heterocycles. The van der Waals surface area contributed by atoms with E-state index in [0.29, 0.717) is 22.7 Å². The number of H-pyrrole nitrogens is 1. The molecule has 2 N–H and O–H groups in total. The first-order chi connectivity index (χ1) is 13.3. The van der Waals surface area contributed by atoms with Crippen molar-refractivity contribution in [3.8, 4) is 0 Å². The maximum absolute atomic E-state index is 12.6. The average molecular weight is 420 g/mol. The van der Waals surface area contributed by atoms with Crippen LogP contribution >= 0.6 is 23.5 Å². The molecule has 152 valence electrons. The summed E-state index contributed by atoms with van der Waals surface area (Å²) in [6, 6.07) is 7.69. The molecular weight excluding hydrogens is 390 g/mol. The lowest BCUT2D eigenvalue weighted by molar-refractivity contribution is -0.113. The monoisotopic (exact) mass is 419 g/mol. The normalized spacial score (nSPS) is 11.2. The van der Waals surface area contributed by atoms with Gasteiger partial charge in [-0.15, -0.1) is 0 Å². The summed E-state index contributed by atoms with van der Waals surface area (Å²) < 4.78 is 0. The lowest BCUT2D eigenvalue weighted by atomic mass is 9.92. The SMILES string of the molecule is CCSCc1cc(=O)[nH]c(SCC(=O)Nc2c(C(C)C)cccc2C(C)C)n1. The summed E-state index contributed by atoms with van der Waals surface area (Å²) in [6.45, 7) is 10.6. The second kappa shape index (κ2) is 10.7. The number of nitrogens with one attached hydrogen (secondary N) is 2. The van der Waals surface area contributed by atoms with Crippen LogP contribution in [0.4, 0.5) is 5.69 Å². The largest absolute Gasteiger partial charge is 0.325 e. The van der Waals surface area contributed by atoms with E-state index in [-0.39, 0.29) is 17.2 Å². The van der Waals surface area contributed by atoms with Crippen molar-refractivity contribution >= 4 is 35.1 Å². The summed E-state index contributed by atoms with van der Waals surface area (Å²) in [7, 11) is 0. The molecule has 0 unspecified atom stereocenters. The van der Waals surface area contributed by atoms with Crippen LogP contribution in [0.5, 0.6) is 0 Å². The first kappa shape index (κ1) is 22.6. The Morgan fingerprint density at radius 1 is 1.18 bits per heavy atom. The summed E-state index contributed by atoms with van der Waals surface area (Å²) in [5.74, 6) is 2.37. The van der Waals surface area contributed by atoms with E-state index in [0.717, 1.165) is 28.3 Å². The molecule has 5 nitrogen and oxygen atoms in total. The van der Waals surface area contributed by atoms with Gasteiger partial charge in [-0.3, -0.25) is 9.59 Å². The molecule has 2 rings (SSSR count). The average Bonchev–Trinajstić information content (AvgIpc) is 2.64. The summed E-state index contributed by atoms with van der Waals surface area (Å²) >= 11 is 2.96. The molecule has 0 atom stereocenters. The van der Waals surface area contributed by atoms with Crippen molar-refractivity contribution in [1.29, 1.82) is 0 Å². The lowest BCUT2D eigenvalue weighted by Gasteiger charge is -2.20. The minimum atomic E-state index is -0.183. The number of rotatable bonds is 9. The fourth-order valence-corrected chi connectivity index (χ4v) is 4.09. The quantitative estimate of drug-likeness (QED) is 0.442. The molecule has 0 bridgehead atoms. The minimum absolute atomic E-state index is 0.101. The van der Waals surface area contributed by atoms with Gasteiger partial charge in [-0.05, 0) is 28.7 Å². The fourth-order valence-electron chi connectivity index (χ4n) is 2.84. The molecule has 0 spiro atoms. The highest BCUT2D eigenvalue weighted by molar-refractivity contribution is 7.99. The summed E-state index contributed by atoms with van der Waals surface area (Å²) in [5.41, 5.74) is 3.74. The van der Waals surface area contributed by atoms with Gasteiger partial charge in [0.15, 0.2) is 5.16 Å². The van der Waals surface area contributed by atoms with E-state index in [1.165, 1.54) is 17.8 Å². The number of carbonyl (C=O) groups is 1. The van der Waals surface area contributed by atoms with Gasteiger partial charge >= 0.3 is 0 Å². The third kappa shape index (κ3) is 6.41. The van der Waals surface area contributed by atoms with Crippen LogP contribution in [0.2, 0.25) is 0 Å². The Bertz CT molecular complexity index is 837. The van der Waals surface area contributed by atoms with E-state index >= 15 is 0 Å². The topological polar surface area (TPSA) is 74.8 Å². The van der Waals surface area contributed by atoms with Crippen molar-refractivity contribution in [1.82, 2.24) is 9.97 Å². The van der Waals surface area contributed by atoms with Crippen molar-refractivity contribution in [3.05, 3.63) is 51.4 Å². The first-order valence-electron chi connectivity index (χ1n) is 9.55. The first-order valence-corrected chi connectivity index (χ1v) is 11.7. The van der Waals surface area contributed by atoms with Gasteiger partial charge < -0.3 is 10.3 Å². The van der Waals surface area contributed by atoms with Crippen LogP contribution in [0.1, 0.15) is 63.3 Å². The van der Waals surface area contributed by atoms with Gasteiger partial charge in [-0.25, -0.2) is 4.98 Å². The van der Waals surface area contributed by atoms with Crippen LogP contribution in [-0.2, 0) is 10.5 Å². The molecule has 1 heterocycles. The van der Waals surface area contributed by atoms with Crippen molar-refractivity contribution in [2.75, 3.05) is 16.8 Å². The molecule has 0 fully saturated rings. The van der Waals surface area contributed by atoms with Crippen LogP contribution in [0.3, 0.4) is 0 Å². The van der Waals surface area contributed by atoms with Gasteiger partial charge in [-0.2, -0.15) is 11.8 Å². The van der Waals surface area contributed by atoms with Crippen molar-refractivity contribution in [3.63, 3.8) is 0 Å². The Hall–Kier alpha value is -1.73. The number of aromatic nitrogens is 2. The minimum Gasteiger partial charge on any atom is -0.325 e. The Kier molecular flexibility index (Phi) is 8.63. The van der Waals surface area contributed by atoms with Crippen molar-refractivity contribution in [2.24, 2.45) is 0 Å². The van der Waals surface area contributed by atoms with Gasteiger partial charge in [0.05, 0.1) is 11.4 Å². The van der Waals surface area contributed by atoms with Crippen molar-refractivity contribution < 1.29 is 4.79 Å². The fraction of sp³-hybridized carbons (Fsp3) is 0.476. The number of nitrogens with zero attached hydrogens (tertiary/aromatic N) is 1. The smallest absolute Gasteiger partial charge is 0.251 e. The molecule has 0 aliphatic rings. The van der Waals surface area contributed by atoms with Crippen LogP contribution in [0.25, 0.3) is 0 Å². The summed E-state index contributed by atoms with van der Waals surface area (Å²) in [5, 5.41) is 3.57. The van der Waals surface area contributed by atoms with Crippen LogP contribution in [0, 0.1) is 0 Å². The van der Waals surface area contributed by atoms with E-state index in [9.17, 15) is 9.59 Å². The molecule has 7 heteroatoms. The zero-order valence-electron chi connectivity index (χ0n) is 17.2. The number of hydrogen-bond acceptors (Lipinski definition) is 5. The summed E-state index contributed by atoms with van der Waals surface area (Å²) in [6.07, 6.45) is 0. The van der Waals surface area contributed by atoms with E-state index in [4.69, 9.17) is 0 Å². The number of aromatic amines is 1. The molecule has 2 aromatic rings. The molecule has 28 heavy (non-hydrogen) atoms. The number of carbonyl (C=O) groups excluding carboxylic acids is 1. The van der Waals surface area contributed by atoms with E-state index in [1.807, 2.05) is 6.07 Å². The standard InChI is InChI=1S/C21H29N3O2S2/c1-6-27-11-15-10-18(25)24-21(22-15)28-12-19(26)23-20-16(13(2)3)8-7-9-17(20)14(4)5/h7-10,13-14H,6,11-12H2,1-5H3,(H,23,26)(H,22,24,25). The Labute approximate surface area is 175 Å². The zero-order chi connectivity index (χ0) is 20.7. The number of para-hydroxylation sites is 1. The predicted molar refractivity (Wildman–Crippen MR) is 121 cm³/mol. The Morgan fingerprint density at radius 2 is 1.82 bits per heavy atom. The highest BCUT2D eigenvalue weighted by Gasteiger charge is 2.16. The molecule has 0 radical (unpaired) electrons. The molecule has 1 amide bonds. The third-order valence-electron chi connectivity index (χ3n) is 4.20. The molecule has 0 aliphatic heterocycles. The second-order valence-corrected chi connectivity index (χ2v) is 9.38. The molecule has 0 saturated carbocycles. The highest BCUT2D eigenvalue weighted by atomic mass is 32.2. The van der Waals surface area contributed by atoms with Gasteiger partial charge in [0, 0.05) is 17.5 Å². The number of benzene rings is 1. The van der Waals surface area contributed by atoms with Gasteiger partial charge in [0.2, 0.25) is 5.91 Å². The maximum atomic E-state index is 12.6. The predicted octanol–water partition coefficient (Wildman–Crippen LogP) is 5.00. The van der Waals surface area contributed by atoms with Gasteiger partial charge in [-0.1, -0.05) is 64.6 Å².